The first-order valence-electron chi connectivity index (χ1n) is 6.36. The topological polar surface area (TPSA) is 68.6 Å². The Bertz CT molecular complexity index is 519. The number of Topliss-reactive ketones (excluding diaryl/α,β-unsaturated/α-hetero) is 1. The summed E-state index contributed by atoms with van der Waals surface area (Å²) in [6.45, 7) is 1.93. The summed E-state index contributed by atoms with van der Waals surface area (Å²) in [7, 11) is 4.47. The first-order valence-corrected chi connectivity index (χ1v) is 6.36. The van der Waals surface area contributed by atoms with Gasteiger partial charge in [-0.1, -0.05) is 13.3 Å². The molecule has 0 heterocycles. The number of nitriles is 1. The molecule has 0 aliphatic heterocycles. The number of methoxy groups -OCH3 is 3. The van der Waals surface area contributed by atoms with Crippen molar-refractivity contribution in [2.45, 2.75) is 19.8 Å². The summed E-state index contributed by atoms with van der Waals surface area (Å²) in [6, 6.07) is 5.19. The maximum atomic E-state index is 12.4. The fourth-order valence-electron chi connectivity index (χ4n) is 1.95. The SMILES string of the molecule is CCCC(C#N)C(=O)c1cc(OC)c(OC)cc1OC. The van der Waals surface area contributed by atoms with E-state index in [4.69, 9.17) is 19.5 Å². The molecular weight excluding hydrogens is 258 g/mol. The molecule has 0 amide bonds. The lowest BCUT2D eigenvalue weighted by atomic mass is 9.94. The van der Waals surface area contributed by atoms with Gasteiger partial charge in [0, 0.05) is 6.07 Å². The van der Waals surface area contributed by atoms with Gasteiger partial charge < -0.3 is 14.2 Å². The van der Waals surface area contributed by atoms with Gasteiger partial charge in [-0.15, -0.1) is 0 Å². The van der Waals surface area contributed by atoms with Crippen LogP contribution in [-0.2, 0) is 0 Å². The number of carbonyl (C=O) groups is 1. The zero-order chi connectivity index (χ0) is 15.1. The number of ether oxygens (including phenoxy) is 3. The van der Waals surface area contributed by atoms with E-state index in [1.165, 1.54) is 21.3 Å². The summed E-state index contributed by atoms with van der Waals surface area (Å²) < 4.78 is 15.6. The van der Waals surface area contributed by atoms with Crippen LogP contribution in [0.5, 0.6) is 17.2 Å². The number of hydrogen-bond acceptors (Lipinski definition) is 5. The number of hydrogen-bond donors (Lipinski definition) is 0. The Morgan fingerprint density at radius 2 is 1.70 bits per heavy atom. The van der Waals surface area contributed by atoms with E-state index in [-0.39, 0.29) is 5.78 Å². The number of rotatable bonds is 7. The van der Waals surface area contributed by atoms with Crippen LogP contribution in [0.4, 0.5) is 0 Å². The van der Waals surface area contributed by atoms with E-state index in [1.807, 2.05) is 13.0 Å². The van der Waals surface area contributed by atoms with Gasteiger partial charge in [-0.05, 0) is 12.5 Å². The second-order valence-electron chi connectivity index (χ2n) is 4.24. The maximum Gasteiger partial charge on any atom is 0.183 e. The van der Waals surface area contributed by atoms with Crippen molar-refractivity contribution in [3.05, 3.63) is 17.7 Å². The zero-order valence-corrected chi connectivity index (χ0v) is 12.2. The molecule has 0 aliphatic carbocycles. The monoisotopic (exact) mass is 277 g/mol. The van der Waals surface area contributed by atoms with Crippen molar-refractivity contribution in [1.29, 1.82) is 5.26 Å². The predicted octanol–water partition coefficient (Wildman–Crippen LogP) is 2.83. The second-order valence-corrected chi connectivity index (χ2v) is 4.24. The average molecular weight is 277 g/mol. The summed E-state index contributed by atoms with van der Waals surface area (Å²) in [4.78, 5) is 12.4. The Labute approximate surface area is 119 Å². The lowest BCUT2D eigenvalue weighted by molar-refractivity contribution is 0.0940. The van der Waals surface area contributed by atoms with Crippen molar-refractivity contribution in [1.82, 2.24) is 0 Å². The first-order chi connectivity index (χ1) is 9.62. The van der Waals surface area contributed by atoms with Crippen LogP contribution in [0, 0.1) is 17.2 Å². The van der Waals surface area contributed by atoms with Gasteiger partial charge in [0.2, 0.25) is 0 Å². The van der Waals surface area contributed by atoms with Crippen LogP contribution < -0.4 is 14.2 Å². The smallest absolute Gasteiger partial charge is 0.183 e. The predicted molar refractivity (Wildman–Crippen MR) is 74.4 cm³/mol. The van der Waals surface area contributed by atoms with E-state index in [9.17, 15) is 4.79 Å². The zero-order valence-electron chi connectivity index (χ0n) is 12.2. The van der Waals surface area contributed by atoms with Crippen LogP contribution in [0.2, 0.25) is 0 Å². The summed E-state index contributed by atoms with van der Waals surface area (Å²) in [5, 5.41) is 9.11. The fourth-order valence-corrected chi connectivity index (χ4v) is 1.95. The molecule has 1 atom stereocenters. The molecule has 0 radical (unpaired) electrons. The lowest BCUT2D eigenvalue weighted by Gasteiger charge is -2.15. The summed E-state index contributed by atoms with van der Waals surface area (Å²) >= 11 is 0. The number of benzene rings is 1. The Morgan fingerprint density at radius 3 is 2.15 bits per heavy atom. The third-order valence-electron chi connectivity index (χ3n) is 3.02. The standard InChI is InChI=1S/C15H19NO4/c1-5-6-10(9-16)15(17)11-7-13(19-3)14(20-4)8-12(11)18-2/h7-8,10H,5-6H2,1-4H3. The molecule has 0 saturated carbocycles. The van der Waals surface area contributed by atoms with Crippen molar-refractivity contribution in [3.63, 3.8) is 0 Å². The van der Waals surface area contributed by atoms with E-state index in [1.54, 1.807) is 12.1 Å². The number of ketones is 1. The molecule has 5 heteroatoms. The molecule has 0 saturated heterocycles. The van der Waals surface area contributed by atoms with Crippen molar-refractivity contribution in [3.8, 4) is 23.3 Å². The minimum atomic E-state index is -0.674. The Morgan fingerprint density at radius 1 is 1.15 bits per heavy atom. The highest BCUT2D eigenvalue weighted by atomic mass is 16.5. The Kier molecular flexibility index (Phi) is 5.85. The van der Waals surface area contributed by atoms with E-state index < -0.39 is 5.92 Å². The van der Waals surface area contributed by atoms with Gasteiger partial charge in [0.25, 0.3) is 0 Å². The number of carbonyl (C=O) groups excluding carboxylic acids is 1. The molecule has 1 rings (SSSR count). The number of nitrogens with zero attached hydrogens (tertiary/aromatic N) is 1. The molecule has 0 aliphatic rings. The molecule has 1 unspecified atom stereocenters. The van der Waals surface area contributed by atoms with Gasteiger partial charge in [0.15, 0.2) is 17.3 Å². The van der Waals surface area contributed by atoms with Crippen LogP contribution in [0.25, 0.3) is 0 Å². The third-order valence-corrected chi connectivity index (χ3v) is 3.02. The second kappa shape index (κ2) is 7.39. The quantitative estimate of drug-likeness (QED) is 0.717. The summed E-state index contributed by atoms with van der Waals surface area (Å²) in [5.74, 6) is 0.359. The summed E-state index contributed by atoms with van der Waals surface area (Å²) in [5.41, 5.74) is 0.338. The Hall–Kier alpha value is -2.22. The van der Waals surface area contributed by atoms with Crippen LogP contribution >= 0.6 is 0 Å². The molecule has 108 valence electrons. The lowest BCUT2D eigenvalue weighted by Crippen LogP contribution is -2.14. The van der Waals surface area contributed by atoms with Crippen molar-refractivity contribution in [2.24, 2.45) is 5.92 Å². The molecule has 0 aromatic heterocycles. The minimum absolute atomic E-state index is 0.257. The normalized spacial score (nSPS) is 11.3. The largest absolute Gasteiger partial charge is 0.496 e. The van der Waals surface area contributed by atoms with Gasteiger partial charge in [-0.3, -0.25) is 4.79 Å². The van der Waals surface area contributed by atoms with Gasteiger partial charge in [-0.2, -0.15) is 5.26 Å². The average Bonchev–Trinajstić information content (AvgIpc) is 2.50. The van der Waals surface area contributed by atoms with Crippen LogP contribution in [0.15, 0.2) is 12.1 Å². The van der Waals surface area contributed by atoms with Crippen LogP contribution in [-0.4, -0.2) is 27.1 Å². The van der Waals surface area contributed by atoms with E-state index >= 15 is 0 Å². The fraction of sp³-hybridized carbons (Fsp3) is 0.467. The van der Waals surface area contributed by atoms with Gasteiger partial charge in [-0.25, -0.2) is 0 Å². The van der Waals surface area contributed by atoms with Gasteiger partial charge in [0.1, 0.15) is 11.7 Å². The van der Waals surface area contributed by atoms with Crippen molar-refractivity contribution in [2.75, 3.05) is 21.3 Å². The molecule has 1 aromatic carbocycles. The van der Waals surface area contributed by atoms with Crippen molar-refractivity contribution < 1.29 is 19.0 Å². The summed E-state index contributed by atoms with van der Waals surface area (Å²) in [6.07, 6.45) is 1.28. The molecule has 0 fully saturated rings. The van der Waals surface area contributed by atoms with Crippen molar-refractivity contribution >= 4 is 5.78 Å². The molecular formula is C15H19NO4. The van der Waals surface area contributed by atoms with E-state index in [0.29, 0.717) is 29.2 Å². The van der Waals surface area contributed by atoms with Crippen LogP contribution in [0.1, 0.15) is 30.1 Å². The van der Waals surface area contributed by atoms with E-state index in [0.717, 1.165) is 6.42 Å². The molecule has 20 heavy (non-hydrogen) atoms. The highest BCUT2D eigenvalue weighted by molar-refractivity contribution is 6.02. The Balaban J connectivity index is 3.29. The third kappa shape index (κ3) is 3.21. The molecule has 0 N–H and O–H groups in total. The highest BCUT2D eigenvalue weighted by Crippen LogP contribution is 2.36. The van der Waals surface area contributed by atoms with Gasteiger partial charge in [0.05, 0.1) is 33.0 Å². The first kappa shape index (κ1) is 15.8. The molecule has 0 spiro atoms. The molecule has 0 bridgehead atoms. The maximum absolute atomic E-state index is 12.4. The molecule has 1 aromatic rings. The highest BCUT2D eigenvalue weighted by Gasteiger charge is 2.24. The van der Waals surface area contributed by atoms with Gasteiger partial charge >= 0.3 is 0 Å². The van der Waals surface area contributed by atoms with E-state index in [2.05, 4.69) is 0 Å². The van der Waals surface area contributed by atoms with Crippen LogP contribution in [0.3, 0.4) is 0 Å². The molecule has 5 nitrogen and oxygen atoms in total. The minimum Gasteiger partial charge on any atom is -0.496 e.